The molecule has 2 aromatic rings. The molecule has 2 aromatic carbocycles. The first-order valence-electron chi connectivity index (χ1n) is 10.0. The van der Waals surface area contributed by atoms with Gasteiger partial charge in [-0.2, -0.15) is 0 Å². The normalized spacial score (nSPS) is 23.9. The monoisotopic (exact) mass is 397 g/mol. The van der Waals surface area contributed by atoms with Crippen LogP contribution in [0.2, 0.25) is 0 Å². The molecule has 0 unspecified atom stereocenters. The summed E-state index contributed by atoms with van der Waals surface area (Å²) in [4.78, 5) is 18.8. The van der Waals surface area contributed by atoms with Crippen molar-refractivity contribution < 1.29 is 13.9 Å². The molecule has 3 atom stereocenters. The van der Waals surface area contributed by atoms with E-state index >= 15 is 0 Å². The van der Waals surface area contributed by atoms with E-state index in [0.29, 0.717) is 18.4 Å². The number of nitrogens with zero attached hydrogens (tertiary/aromatic N) is 3. The SMILES string of the molecule is COc1cccc(CN2C[C@@H]3CN(C(=O)N(C)C)[C@H](c4cccc(F)c4)[C@@H]3C2)c1. The van der Waals surface area contributed by atoms with E-state index in [1.165, 1.54) is 11.6 Å². The zero-order valence-electron chi connectivity index (χ0n) is 17.2. The van der Waals surface area contributed by atoms with Gasteiger partial charge in [0.15, 0.2) is 0 Å². The van der Waals surface area contributed by atoms with E-state index in [0.717, 1.165) is 30.9 Å². The van der Waals surface area contributed by atoms with E-state index < -0.39 is 0 Å². The van der Waals surface area contributed by atoms with Crippen LogP contribution in [0.3, 0.4) is 0 Å². The summed E-state index contributed by atoms with van der Waals surface area (Å²) in [5.74, 6) is 1.29. The van der Waals surface area contributed by atoms with E-state index in [-0.39, 0.29) is 17.9 Å². The van der Waals surface area contributed by atoms with E-state index in [1.807, 2.05) is 23.1 Å². The van der Waals surface area contributed by atoms with Crippen molar-refractivity contribution in [3.05, 3.63) is 65.5 Å². The number of benzene rings is 2. The van der Waals surface area contributed by atoms with Gasteiger partial charge in [0.05, 0.1) is 13.2 Å². The number of fused-ring (bicyclic) bond motifs is 1. The average molecular weight is 397 g/mol. The van der Waals surface area contributed by atoms with Crippen molar-refractivity contribution in [1.82, 2.24) is 14.7 Å². The number of ether oxygens (including phenoxy) is 1. The Bertz CT molecular complexity index is 888. The van der Waals surface area contributed by atoms with E-state index in [2.05, 4.69) is 17.0 Å². The molecule has 4 rings (SSSR count). The van der Waals surface area contributed by atoms with Crippen LogP contribution in [0.25, 0.3) is 0 Å². The molecule has 2 aliphatic rings. The summed E-state index contributed by atoms with van der Waals surface area (Å²) in [6.07, 6.45) is 0. The molecule has 2 saturated heterocycles. The highest BCUT2D eigenvalue weighted by molar-refractivity contribution is 5.75. The molecule has 2 fully saturated rings. The zero-order chi connectivity index (χ0) is 20.5. The first-order valence-corrected chi connectivity index (χ1v) is 10.0. The Labute approximate surface area is 171 Å². The first-order chi connectivity index (χ1) is 14.0. The number of halogens is 1. The lowest BCUT2D eigenvalue weighted by atomic mass is 9.89. The highest BCUT2D eigenvalue weighted by Gasteiger charge is 2.49. The molecule has 154 valence electrons. The average Bonchev–Trinajstić information content (AvgIpc) is 3.24. The zero-order valence-corrected chi connectivity index (χ0v) is 17.2. The minimum absolute atomic E-state index is 0.00648. The maximum Gasteiger partial charge on any atom is 0.320 e. The standard InChI is InChI=1S/C23H28FN3O2/c1-25(2)23(28)27-14-18-13-26(12-16-6-4-9-20(10-16)29-3)15-21(18)22(27)17-7-5-8-19(24)11-17/h4-11,18,21-22H,12-15H2,1-3H3/t18-,21-,22-/m1/s1. The molecule has 29 heavy (non-hydrogen) atoms. The lowest BCUT2D eigenvalue weighted by Crippen LogP contribution is -2.41. The summed E-state index contributed by atoms with van der Waals surface area (Å²) in [6.45, 7) is 3.38. The van der Waals surface area contributed by atoms with Gasteiger partial charge < -0.3 is 14.5 Å². The summed E-state index contributed by atoms with van der Waals surface area (Å²) in [6, 6.07) is 14.8. The number of urea groups is 1. The van der Waals surface area contributed by atoms with Gasteiger partial charge in [0.25, 0.3) is 0 Å². The van der Waals surface area contributed by atoms with Gasteiger partial charge in [-0.1, -0.05) is 24.3 Å². The Hall–Kier alpha value is -2.60. The minimum Gasteiger partial charge on any atom is -0.497 e. The fraction of sp³-hybridized carbons (Fsp3) is 0.435. The number of likely N-dealkylation sites (tertiary alicyclic amines) is 2. The molecule has 0 spiro atoms. The van der Waals surface area contributed by atoms with Crippen LogP contribution in [0.1, 0.15) is 17.2 Å². The molecular formula is C23H28FN3O2. The smallest absolute Gasteiger partial charge is 0.320 e. The van der Waals surface area contributed by atoms with E-state index in [4.69, 9.17) is 4.74 Å². The minimum atomic E-state index is -0.255. The maximum atomic E-state index is 14.0. The van der Waals surface area contributed by atoms with Crippen LogP contribution in [-0.2, 0) is 6.54 Å². The lowest BCUT2D eigenvalue weighted by molar-refractivity contribution is 0.151. The summed E-state index contributed by atoms with van der Waals surface area (Å²) in [7, 11) is 5.22. The molecule has 0 aliphatic carbocycles. The molecule has 0 saturated carbocycles. The fourth-order valence-electron chi connectivity index (χ4n) is 4.87. The third-order valence-electron chi connectivity index (χ3n) is 6.10. The van der Waals surface area contributed by atoms with Crippen molar-refractivity contribution in [2.24, 2.45) is 11.8 Å². The Kier molecular flexibility index (Phi) is 5.46. The highest BCUT2D eigenvalue weighted by Crippen LogP contribution is 2.45. The molecule has 0 radical (unpaired) electrons. The van der Waals surface area contributed by atoms with Gasteiger partial charge in [-0.05, 0) is 41.3 Å². The number of amides is 2. The summed E-state index contributed by atoms with van der Waals surface area (Å²) >= 11 is 0. The molecule has 2 amide bonds. The third kappa shape index (κ3) is 3.94. The second-order valence-electron chi connectivity index (χ2n) is 8.30. The summed E-state index contributed by atoms with van der Waals surface area (Å²) in [5, 5.41) is 0. The lowest BCUT2D eigenvalue weighted by Gasteiger charge is -2.32. The molecule has 0 aromatic heterocycles. The molecule has 2 heterocycles. The molecule has 2 aliphatic heterocycles. The van der Waals surface area contributed by atoms with Gasteiger partial charge in [-0.15, -0.1) is 0 Å². The predicted octanol–water partition coefficient (Wildman–Crippen LogP) is 3.62. The van der Waals surface area contributed by atoms with Gasteiger partial charge in [-0.25, -0.2) is 9.18 Å². The van der Waals surface area contributed by atoms with Crippen LogP contribution in [0.15, 0.2) is 48.5 Å². The van der Waals surface area contributed by atoms with Gasteiger partial charge in [0.2, 0.25) is 0 Å². The van der Waals surface area contributed by atoms with Crippen molar-refractivity contribution in [2.45, 2.75) is 12.6 Å². The van der Waals surface area contributed by atoms with Crippen LogP contribution in [0.5, 0.6) is 5.75 Å². The Morgan fingerprint density at radius 1 is 1.14 bits per heavy atom. The fourth-order valence-corrected chi connectivity index (χ4v) is 4.87. The van der Waals surface area contributed by atoms with Crippen LogP contribution < -0.4 is 4.74 Å². The Morgan fingerprint density at radius 2 is 1.93 bits per heavy atom. The molecule has 6 heteroatoms. The van der Waals surface area contributed by atoms with Crippen molar-refractivity contribution in [2.75, 3.05) is 40.8 Å². The van der Waals surface area contributed by atoms with Crippen molar-refractivity contribution >= 4 is 6.03 Å². The number of carbonyl (C=O) groups excluding carboxylic acids is 1. The maximum absolute atomic E-state index is 14.0. The van der Waals surface area contributed by atoms with Crippen molar-refractivity contribution in [3.63, 3.8) is 0 Å². The number of rotatable bonds is 4. The molecule has 5 nitrogen and oxygen atoms in total. The van der Waals surface area contributed by atoms with E-state index in [1.54, 1.807) is 38.2 Å². The van der Waals surface area contributed by atoms with Gasteiger partial charge >= 0.3 is 6.03 Å². The van der Waals surface area contributed by atoms with Crippen molar-refractivity contribution in [3.8, 4) is 5.75 Å². The predicted molar refractivity (Wildman–Crippen MR) is 110 cm³/mol. The molecular weight excluding hydrogens is 369 g/mol. The second kappa shape index (κ2) is 8.03. The van der Waals surface area contributed by atoms with Gasteiger partial charge in [0, 0.05) is 46.2 Å². The number of carbonyl (C=O) groups is 1. The van der Waals surface area contributed by atoms with Crippen LogP contribution in [0.4, 0.5) is 9.18 Å². The van der Waals surface area contributed by atoms with Crippen molar-refractivity contribution in [1.29, 1.82) is 0 Å². The summed E-state index contributed by atoms with van der Waals surface area (Å²) < 4.78 is 19.3. The van der Waals surface area contributed by atoms with E-state index in [9.17, 15) is 9.18 Å². The molecule has 0 N–H and O–H groups in total. The number of methoxy groups -OCH3 is 1. The van der Waals surface area contributed by atoms with Gasteiger partial charge in [-0.3, -0.25) is 4.90 Å². The largest absolute Gasteiger partial charge is 0.497 e. The highest BCUT2D eigenvalue weighted by atomic mass is 19.1. The number of hydrogen-bond acceptors (Lipinski definition) is 3. The Balaban J connectivity index is 1.56. The van der Waals surface area contributed by atoms with Gasteiger partial charge in [0.1, 0.15) is 11.6 Å². The quantitative estimate of drug-likeness (QED) is 0.791. The number of hydrogen-bond donors (Lipinski definition) is 0. The second-order valence-corrected chi connectivity index (χ2v) is 8.30. The van der Waals surface area contributed by atoms with Crippen LogP contribution in [-0.4, -0.2) is 61.6 Å². The molecule has 0 bridgehead atoms. The first kappa shape index (κ1) is 19.7. The topological polar surface area (TPSA) is 36.0 Å². The van der Waals surface area contributed by atoms with Crippen LogP contribution >= 0.6 is 0 Å². The third-order valence-corrected chi connectivity index (χ3v) is 6.10. The Morgan fingerprint density at radius 3 is 2.66 bits per heavy atom. The summed E-state index contributed by atoms with van der Waals surface area (Å²) in [5.41, 5.74) is 2.10. The van der Waals surface area contributed by atoms with Crippen LogP contribution in [0, 0.1) is 17.7 Å².